The van der Waals surface area contributed by atoms with E-state index >= 15 is 0 Å². The third-order valence-corrected chi connectivity index (χ3v) is 11.9. The maximum Gasteiger partial charge on any atom is 0.262 e. The van der Waals surface area contributed by atoms with E-state index in [1.54, 1.807) is 24.3 Å². The molecule has 1 saturated heterocycles. The summed E-state index contributed by atoms with van der Waals surface area (Å²) in [5.74, 6) is -1.18. The van der Waals surface area contributed by atoms with Crippen LogP contribution in [0, 0.1) is 0 Å². The molecule has 0 aromatic heterocycles. The molecule has 3 aromatic rings. The second-order valence-electron chi connectivity index (χ2n) is 10.00. The first-order valence-corrected chi connectivity index (χ1v) is 15.4. The molecule has 0 unspecified atom stereocenters. The first-order chi connectivity index (χ1) is 18.9. The van der Waals surface area contributed by atoms with Crippen LogP contribution in [0.2, 0.25) is 6.04 Å². The van der Waals surface area contributed by atoms with E-state index in [-0.39, 0.29) is 11.1 Å². The first-order valence-electron chi connectivity index (χ1n) is 13.3. The molecule has 5 atom stereocenters. The number of aliphatic hydroxyl groups excluding tert-OH is 3. The van der Waals surface area contributed by atoms with Crippen LogP contribution in [0.5, 0.6) is 0 Å². The van der Waals surface area contributed by atoms with Crippen LogP contribution in [0.15, 0.2) is 84.9 Å². The quantitative estimate of drug-likeness (QED) is 0.276. The van der Waals surface area contributed by atoms with Crippen molar-refractivity contribution in [3.8, 4) is 0 Å². The van der Waals surface area contributed by atoms with Crippen LogP contribution >= 0.6 is 0 Å². The third-order valence-electron chi connectivity index (χ3n) is 7.66. The Hall–Kier alpha value is -3.18. The molecule has 0 saturated carbocycles. The molecule has 0 radical (unpaired) electrons. The Morgan fingerprint density at radius 2 is 1.36 bits per heavy atom. The highest BCUT2D eigenvalue weighted by Gasteiger charge is 2.56. The maximum atomic E-state index is 13.5. The molecule has 204 valence electrons. The van der Waals surface area contributed by atoms with Crippen LogP contribution in [0.4, 0.5) is 0 Å². The summed E-state index contributed by atoms with van der Waals surface area (Å²) in [7, 11) is -3.14. The number of nitrogens with zero attached hydrogens (tertiary/aromatic N) is 1. The number of fused-ring (bicyclic) bond motifs is 1. The molecule has 1 fully saturated rings. The number of benzene rings is 3. The number of aliphatic hydroxyl groups is 3. The standard InChI is InChI=1S/C30H33NO7Si/c1-2-3-18-39(20-12-6-4-7-13-20,21-14-8-5-9-15-21)38-27-25(30(36)37-24(19-32)26(27)33)31-28(34)22-16-10-11-17-23(22)29(31)35/h4-17,24-27,30,32-33,36H,2-3,18-19H2,1H3/t24-,25-,26-,27-,30-/m1/s1. The van der Waals surface area contributed by atoms with E-state index < -0.39 is 57.4 Å². The van der Waals surface area contributed by atoms with Gasteiger partial charge in [-0.05, 0) is 28.6 Å². The van der Waals surface area contributed by atoms with Crippen molar-refractivity contribution in [3.05, 3.63) is 96.1 Å². The van der Waals surface area contributed by atoms with Crippen molar-refractivity contribution in [2.75, 3.05) is 6.61 Å². The van der Waals surface area contributed by atoms with Gasteiger partial charge in [-0.3, -0.25) is 14.5 Å². The zero-order valence-electron chi connectivity index (χ0n) is 21.7. The number of rotatable bonds is 9. The van der Waals surface area contributed by atoms with Crippen molar-refractivity contribution < 1.29 is 34.1 Å². The van der Waals surface area contributed by atoms with Crippen molar-refractivity contribution in [3.63, 3.8) is 0 Å². The van der Waals surface area contributed by atoms with E-state index in [0.717, 1.165) is 28.1 Å². The smallest absolute Gasteiger partial charge is 0.262 e. The number of amides is 2. The normalized spacial score (nSPS) is 25.1. The van der Waals surface area contributed by atoms with Gasteiger partial charge in [-0.25, -0.2) is 0 Å². The second kappa shape index (κ2) is 11.5. The highest BCUT2D eigenvalue weighted by atomic mass is 28.4. The van der Waals surface area contributed by atoms with Gasteiger partial charge in [0.25, 0.3) is 20.1 Å². The van der Waals surface area contributed by atoms with E-state index in [1.165, 1.54) is 0 Å². The van der Waals surface area contributed by atoms with E-state index in [4.69, 9.17) is 9.16 Å². The molecule has 3 N–H and O–H groups in total. The van der Waals surface area contributed by atoms with Gasteiger partial charge in [0.05, 0.1) is 17.7 Å². The predicted octanol–water partition coefficient (Wildman–Crippen LogP) is 1.67. The molecule has 9 heteroatoms. The minimum Gasteiger partial charge on any atom is -0.400 e. The maximum absolute atomic E-state index is 13.5. The average molecular weight is 548 g/mol. The summed E-state index contributed by atoms with van der Waals surface area (Å²) in [6, 6.07) is 25.3. The molecular formula is C30H33NO7Si. The molecule has 0 bridgehead atoms. The highest BCUT2D eigenvalue weighted by Crippen LogP contribution is 2.35. The van der Waals surface area contributed by atoms with Crippen LogP contribution in [-0.2, 0) is 9.16 Å². The lowest BCUT2D eigenvalue weighted by molar-refractivity contribution is -0.260. The van der Waals surface area contributed by atoms with E-state index in [0.29, 0.717) is 6.04 Å². The fourth-order valence-electron chi connectivity index (χ4n) is 5.68. The minimum absolute atomic E-state index is 0.216. The molecule has 5 rings (SSSR count). The summed E-state index contributed by atoms with van der Waals surface area (Å²) in [6.07, 6.45) is -3.76. The highest BCUT2D eigenvalue weighted by molar-refractivity contribution is 6.97. The monoisotopic (exact) mass is 547 g/mol. The zero-order valence-corrected chi connectivity index (χ0v) is 22.7. The van der Waals surface area contributed by atoms with E-state index in [1.807, 2.05) is 60.7 Å². The van der Waals surface area contributed by atoms with Crippen LogP contribution in [0.1, 0.15) is 40.5 Å². The van der Waals surface area contributed by atoms with E-state index in [2.05, 4.69) is 6.92 Å². The fourth-order valence-corrected chi connectivity index (χ4v) is 10.0. The Kier molecular flexibility index (Phi) is 8.08. The Morgan fingerprint density at radius 3 is 1.85 bits per heavy atom. The van der Waals surface area contributed by atoms with Gasteiger partial charge in [0, 0.05) is 0 Å². The number of imide groups is 1. The summed E-state index contributed by atoms with van der Waals surface area (Å²) in [5.41, 5.74) is 0.431. The van der Waals surface area contributed by atoms with Crippen molar-refractivity contribution in [2.24, 2.45) is 0 Å². The van der Waals surface area contributed by atoms with Crippen molar-refractivity contribution in [1.29, 1.82) is 0 Å². The van der Waals surface area contributed by atoms with Gasteiger partial charge in [0.15, 0.2) is 6.29 Å². The SMILES string of the molecule is CCCC[Si](O[C@H]1[C@H](O)[C@@H](CO)O[C@@H](O)[C@@H]1N1C(=O)c2ccccc2C1=O)(c1ccccc1)c1ccccc1. The Morgan fingerprint density at radius 1 is 0.846 bits per heavy atom. The zero-order chi connectivity index (χ0) is 27.6. The average Bonchev–Trinajstić information content (AvgIpc) is 3.23. The summed E-state index contributed by atoms with van der Waals surface area (Å²) >= 11 is 0. The van der Waals surface area contributed by atoms with E-state index in [9.17, 15) is 24.9 Å². The summed E-state index contributed by atoms with van der Waals surface area (Å²) in [4.78, 5) is 27.9. The molecule has 2 aliphatic rings. The van der Waals surface area contributed by atoms with Crippen molar-refractivity contribution in [2.45, 2.75) is 56.5 Å². The lowest BCUT2D eigenvalue weighted by atomic mass is 9.96. The number of hydrogen-bond donors (Lipinski definition) is 3. The van der Waals surface area contributed by atoms with Crippen LogP contribution in [-0.4, -0.2) is 77.6 Å². The van der Waals surface area contributed by atoms with Crippen molar-refractivity contribution in [1.82, 2.24) is 4.90 Å². The van der Waals surface area contributed by atoms with Gasteiger partial charge in [0.1, 0.15) is 24.4 Å². The minimum atomic E-state index is -3.14. The summed E-state index contributed by atoms with van der Waals surface area (Å²) < 4.78 is 12.6. The summed E-state index contributed by atoms with van der Waals surface area (Å²) in [5, 5.41) is 34.6. The third kappa shape index (κ3) is 4.86. The number of hydrogen-bond acceptors (Lipinski definition) is 7. The van der Waals surface area contributed by atoms with Crippen molar-refractivity contribution >= 4 is 30.5 Å². The van der Waals surface area contributed by atoms with Crippen LogP contribution < -0.4 is 10.4 Å². The Bertz CT molecular complexity index is 1230. The van der Waals surface area contributed by atoms with Gasteiger partial charge in [-0.1, -0.05) is 92.6 Å². The lowest BCUT2D eigenvalue weighted by Crippen LogP contribution is -2.71. The molecular weight excluding hydrogens is 514 g/mol. The molecule has 0 aliphatic carbocycles. The molecule has 0 spiro atoms. The van der Waals surface area contributed by atoms with Gasteiger partial charge in [-0.15, -0.1) is 0 Å². The summed E-state index contributed by atoms with van der Waals surface area (Å²) in [6.45, 7) is 1.51. The van der Waals surface area contributed by atoms with Crippen LogP contribution in [0.3, 0.4) is 0 Å². The molecule has 39 heavy (non-hydrogen) atoms. The topological polar surface area (TPSA) is 117 Å². The lowest BCUT2D eigenvalue weighted by Gasteiger charge is -2.48. The Labute approximate surface area is 228 Å². The largest absolute Gasteiger partial charge is 0.400 e. The number of carbonyl (C=O) groups excluding carboxylic acids is 2. The Balaban J connectivity index is 1.65. The van der Waals surface area contributed by atoms with Gasteiger partial charge in [0.2, 0.25) is 0 Å². The molecule has 2 aliphatic heterocycles. The predicted molar refractivity (Wildman–Crippen MR) is 147 cm³/mol. The molecule has 2 amide bonds. The fraction of sp³-hybridized carbons (Fsp3) is 0.333. The second-order valence-corrected chi connectivity index (χ2v) is 13.5. The number of carbonyl (C=O) groups is 2. The number of unbranched alkanes of at least 4 members (excludes halogenated alkanes) is 1. The van der Waals surface area contributed by atoms with Gasteiger partial charge < -0.3 is 24.5 Å². The first kappa shape index (κ1) is 27.4. The number of ether oxygens (including phenoxy) is 1. The molecule has 8 nitrogen and oxygen atoms in total. The van der Waals surface area contributed by atoms with Gasteiger partial charge in [-0.2, -0.15) is 0 Å². The molecule has 2 heterocycles. The van der Waals surface area contributed by atoms with Crippen LogP contribution in [0.25, 0.3) is 0 Å². The molecule has 3 aromatic carbocycles. The van der Waals surface area contributed by atoms with Gasteiger partial charge >= 0.3 is 0 Å².